The summed E-state index contributed by atoms with van der Waals surface area (Å²) in [5.74, 6) is 0.235. The largest absolute Gasteiger partial charge is 0.373 e. The van der Waals surface area contributed by atoms with Crippen LogP contribution in [0.2, 0.25) is 0 Å². The van der Waals surface area contributed by atoms with Gasteiger partial charge in [0.25, 0.3) is 0 Å². The van der Waals surface area contributed by atoms with Crippen molar-refractivity contribution in [1.29, 1.82) is 0 Å². The number of nitrogens with one attached hydrogen (secondary N) is 1. The molecule has 1 saturated carbocycles. The molecule has 0 saturated heterocycles. The number of carbonyl (C=O) groups excluding carboxylic acids is 1. The zero-order chi connectivity index (χ0) is 11.1. The van der Waals surface area contributed by atoms with E-state index >= 15 is 0 Å². The Morgan fingerprint density at radius 1 is 1.38 bits per heavy atom. The number of carbonyl (C=O) groups is 1. The van der Waals surface area contributed by atoms with Gasteiger partial charge in [-0.25, -0.2) is 0 Å². The first-order valence-electron chi connectivity index (χ1n) is 5.87. The number of amides is 1. The van der Waals surface area contributed by atoms with E-state index in [4.69, 9.17) is 0 Å². The third kappa shape index (κ3) is 1.56. The van der Waals surface area contributed by atoms with Crippen molar-refractivity contribution in [2.24, 2.45) is 0 Å². The Labute approximate surface area is 95.4 Å². The summed E-state index contributed by atoms with van der Waals surface area (Å²) in [4.78, 5) is 14.1. The second kappa shape index (κ2) is 3.51. The van der Waals surface area contributed by atoms with E-state index in [0.29, 0.717) is 6.04 Å². The summed E-state index contributed by atoms with van der Waals surface area (Å²) in [5, 5.41) is 3.31. The van der Waals surface area contributed by atoms with Gasteiger partial charge in [0.1, 0.15) is 6.04 Å². The predicted molar refractivity (Wildman–Crippen MR) is 63.3 cm³/mol. The van der Waals surface area contributed by atoms with E-state index in [9.17, 15) is 4.79 Å². The molecule has 0 aromatic heterocycles. The Morgan fingerprint density at radius 2 is 2.12 bits per heavy atom. The van der Waals surface area contributed by atoms with Crippen molar-refractivity contribution < 1.29 is 4.79 Å². The van der Waals surface area contributed by atoms with Crippen LogP contribution in [0.25, 0.3) is 0 Å². The molecule has 1 amide bonds. The second-order valence-corrected chi connectivity index (χ2v) is 4.74. The van der Waals surface area contributed by atoms with Gasteiger partial charge in [-0.2, -0.15) is 0 Å². The number of rotatable bonds is 2. The van der Waals surface area contributed by atoms with Gasteiger partial charge in [0.15, 0.2) is 0 Å². The lowest BCUT2D eigenvalue weighted by Gasteiger charge is -2.20. The minimum absolute atomic E-state index is 0.0528. The summed E-state index contributed by atoms with van der Waals surface area (Å²) in [6.07, 6.45) is 3.16. The zero-order valence-corrected chi connectivity index (χ0v) is 9.44. The smallest absolute Gasteiger partial charge is 0.245 e. The second-order valence-electron chi connectivity index (χ2n) is 4.74. The number of anilines is 1. The molecule has 0 radical (unpaired) electrons. The fraction of sp³-hybridized carbons (Fsp3) is 0.462. The number of nitrogens with zero attached hydrogens (tertiary/aromatic N) is 1. The minimum atomic E-state index is -0.0528. The van der Waals surface area contributed by atoms with Gasteiger partial charge in [-0.05, 0) is 24.5 Å². The van der Waals surface area contributed by atoms with Gasteiger partial charge < -0.3 is 10.2 Å². The summed E-state index contributed by atoms with van der Waals surface area (Å²) in [6.45, 7) is 0. The molecule has 1 aliphatic heterocycles. The lowest BCUT2D eigenvalue weighted by molar-refractivity contribution is -0.131. The van der Waals surface area contributed by atoms with Crippen molar-refractivity contribution in [3.05, 3.63) is 29.8 Å². The molecular formula is C13H16N2O. The van der Waals surface area contributed by atoms with Crippen molar-refractivity contribution in [3.63, 3.8) is 0 Å². The van der Waals surface area contributed by atoms with Crippen LogP contribution in [0.5, 0.6) is 0 Å². The SMILES string of the molecule is CN(C(=O)[C@@H]1Cc2ccccc2N1)C1CC1. The quantitative estimate of drug-likeness (QED) is 0.815. The molecule has 1 aliphatic carbocycles. The third-order valence-corrected chi connectivity index (χ3v) is 3.51. The topological polar surface area (TPSA) is 32.3 Å². The maximum absolute atomic E-state index is 12.2. The highest BCUT2D eigenvalue weighted by Crippen LogP contribution is 2.30. The Hall–Kier alpha value is -1.51. The monoisotopic (exact) mass is 216 g/mol. The van der Waals surface area contributed by atoms with Gasteiger partial charge in [0.05, 0.1) is 0 Å². The average molecular weight is 216 g/mol. The lowest BCUT2D eigenvalue weighted by Crippen LogP contribution is -2.40. The highest BCUT2D eigenvalue weighted by atomic mass is 16.2. The maximum Gasteiger partial charge on any atom is 0.245 e. The summed E-state index contributed by atoms with van der Waals surface area (Å²) in [7, 11) is 1.92. The number of benzene rings is 1. The first-order chi connectivity index (χ1) is 7.75. The molecule has 84 valence electrons. The minimum Gasteiger partial charge on any atom is -0.373 e. The van der Waals surface area contributed by atoms with Crippen LogP contribution in [0.3, 0.4) is 0 Å². The summed E-state index contributed by atoms with van der Waals surface area (Å²) in [5.41, 5.74) is 2.37. The predicted octanol–water partition coefficient (Wildman–Crippen LogP) is 1.64. The van der Waals surface area contributed by atoms with Crippen LogP contribution < -0.4 is 5.32 Å². The van der Waals surface area contributed by atoms with Crippen molar-refractivity contribution in [2.45, 2.75) is 31.3 Å². The van der Waals surface area contributed by atoms with Gasteiger partial charge in [0.2, 0.25) is 5.91 Å². The highest BCUT2D eigenvalue weighted by molar-refractivity contribution is 5.87. The molecule has 3 heteroatoms. The van der Waals surface area contributed by atoms with E-state index in [2.05, 4.69) is 11.4 Å². The number of fused-ring (bicyclic) bond motifs is 1. The molecule has 1 fully saturated rings. The molecule has 3 nitrogen and oxygen atoms in total. The molecule has 3 rings (SSSR count). The summed E-state index contributed by atoms with van der Waals surface area (Å²) >= 11 is 0. The third-order valence-electron chi connectivity index (χ3n) is 3.51. The van der Waals surface area contributed by atoms with E-state index in [-0.39, 0.29) is 11.9 Å². The number of hydrogen-bond donors (Lipinski definition) is 1. The van der Waals surface area contributed by atoms with Crippen molar-refractivity contribution >= 4 is 11.6 Å². The molecule has 2 aliphatic rings. The van der Waals surface area contributed by atoms with Gasteiger partial charge in [0, 0.05) is 25.2 Å². The first-order valence-corrected chi connectivity index (χ1v) is 5.87. The molecule has 1 heterocycles. The Bertz CT molecular complexity index is 401. The van der Waals surface area contributed by atoms with E-state index < -0.39 is 0 Å². The van der Waals surface area contributed by atoms with Gasteiger partial charge in [-0.15, -0.1) is 0 Å². The van der Waals surface area contributed by atoms with Gasteiger partial charge in [-0.3, -0.25) is 4.79 Å². The van der Waals surface area contributed by atoms with Crippen LogP contribution in [0.1, 0.15) is 18.4 Å². The van der Waals surface area contributed by atoms with E-state index in [0.717, 1.165) is 12.1 Å². The fourth-order valence-corrected chi connectivity index (χ4v) is 2.33. The lowest BCUT2D eigenvalue weighted by atomic mass is 10.1. The van der Waals surface area contributed by atoms with Crippen LogP contribution in [-0.4, -0.2) is 29.9 Å². The van der Waals surface area contributed by atoms with Crippen LogP contribution in [-0.2, 0) is 11.2 Å². The molecule has 1 aromatic carbocycles. The van der Waals surface area contributed by atoms with E-state index in [1.807, 2.05) is 30.1 Å². The Morgan fingerprint density at radius 3 is 2.81 bits per heavy atom. The average Bonchev–Trinajstić information content (AvgIpc) is 3.06. The van der Waals surface area contributed by atoms with E-state index in [1.165, 1.54) is 18.4 Å². The van der Waals surface area contributed by atoms with Crippen LogP contribution in [0, 0.1) is 0 Å². The molecule has 0 bridgehead atoms. The van der Waals surface area contributed by atoms with Crippen LogP contribution >= 0.6 is 0 Å². The first kappa shape index (κ1) is 9.70. The van der Waals surface area contributed by atoms with Crippen molar-refractivity contribution in [3.8, 4) is 0 Å². The van der Waals surface area contributed by atoms with Crippen molar-refractivity contribution in [2.75, 3.05) is 12.4 Å². The highest BCUT2D eigenvalue weighted by Gasteiger charge is 2.35. The van der Waals surface area contributed by atoms with Crippen LogP contribution in [0.15, 0.2) is 24.3 Å². The maximum atomic E-state index is 12.2. The zero-order valence-electron chi connectivity index (χ0n) is 9.44. The number of likely N-dealkylation sites (N-methyl/N-ethyl adjacent to an activating group) is 1. The number of hydrogen-bond acceptors (Lipinski definition) is 2. The molecular weight excluding hydrogens is 200 g/mol. The van der Waals surface area contributed by atoms with Crippen molar-refractivity contribution in [1.82, 2.24) is 4.90 Å². The Balaban J connectivity index is 1.73. The molecule has 0 unspecified atom stereocenters. The summed E-state index contributed by atoms with van der Waals surface area (Å²) < 4.78 is 0. The van der Waals surface area contributed by atoms with Gasteiger partial charge in [-0.1, -0.05) is 18.2 Å². The molecule has 1 atom stereocenters. The van der Waals surface area contributed by atoms with Crippen LogP contribution in [0.4, 0.5) is 5.69 Å². The molecule has 1 aromatic rings. The number of para-hydroxylation sites is 1. The van der Waals surface area contributed by atoms with Gasteiger partial charge >= 0.3 is 0 Å². The molecule has 16 heavy (non-hydrogen) atoms. The normalized spacial score (nSPS) is 22.4. The summed E-state index contributed by atoms with van der Waals surface area (Å²) in [6, 6.07) is 8.61. The Kier molecular flexibility index (Phi) is 2.13. The fourth-order valence-electron chi connectivity index (χ4n) is 2.33. The molecule has 1 N–H and O–H groups in total. The van der Waals surface area contributed by atoms with E-state index in [1.54, 1.807) is 0 Å². The molecule has 0 spiro atoms. The standard InChI is InChI=1S/C13H16N2O/c1-15(10-6-7-10)13(16)12-8-9-4-2-3-5-11(9)14-12/h2-5,10,12,14H,6-8H2,1H3/t12-/m0/s1.